The van der Waals surface area contributed by atoms with Gasteiger partial charge in [-0.05, 0) is 70.2 Å². The maximum atomic E-state index is 12.0. The lowest BCUT2D eigenvalue weighted by molar-refractivity contribution is 0.0498. The van der Waals surface area contributed by atoms with E-state index in [9.17, 15) is 4.79 Å². The Bertz CT molecular complexity index is 554. The van der Waals surface area contributed by atoms with Crippen molar-refractivity contribution in [3.63, 3.8) is 0 Å². The molecule has 2 atom stereocenters. The van der Waals surface area contributed by atoms with Crippen LogP contribution in [0.5, 0.6) is 0 Å². The number of carbonyl (C=O) groups excluding carboxylic acids is 1. The normalized spacial score (nSPS) is 21.3. The SMILES string of the molecule is Cc1cc(Cl)ccc1CNC1CCCC1NC(=O)OC(C)(C)C. The van der Waals surface area contributed by atoms with Crippen LogP contribution in [0.25, 0.3) is 0 Å². The number of ether oxygens (including phenoxy) is 1. The third-order valence-electron chi connectivity index (χ3n) is 4.08. The molecule has 23 heavy (non-hydrogen) atoms. The zero-order chi connectivity index (χ0) is 17.0. The van der Waals surface area contributed by atoms with Crippen molar-refractivity contribution >= 4 is 17.7 Å². The number of aryl methyl sites for hydroxylation is 1. The molecule has 1 aromatic rings. The fourth-order valence-corrected chi connectivity index (χ4v) is 3.16. The predicted octanol–water partition coefficient (Wildman–Crippen LogP) is 4.18. The second-order valence-corrected chi connectivity index (χ2v) is 7.68. The van der Waals surface area contributed by atoms with E-state index >= 15 is 0 Å². The second-order valence-electron chi connectivity index (χ2n) is 7.24. The third kappa shape index (κ3) is 5.70. The first kappa shape index (κ1) is 18.1. The van der Waals surface area contributed by atoms with E-state index < -0.39 is 5.60 Å². The first-order valence-electron chi connectivity index (χ1n) is 8.22. The summed E-state index contributed by atoms with van der Waals surface area (Å²) in [6.45, 7) is 8.47. The topological polar surface area (TPSA) is 50.4 Å². The van der Waals surface area contributed by atoms with Crippen LogP contribution in [0.15, 0.2) is 18.2 Å². The van der Waals surface area contributed by atoms with Crippen molar-refractivity contribution in [2.45, 2.75) is 71.2 Å². The van der Waals surface area contributed by atoms with Crippen molar-refractivity contribution in [1.82, 2.24) is 10.6 Å². The van der Waals surface area contributed by atoms with E-state index in [1.165, 1.54) is 11.1 Å². The van der Waals surface area contributed by atoms with Gasteiger partial charge in [0.15, 0.2) is 0 Å². The molecule has 1 saturated carbocycles. The summed E-state index contributed by atoms with van der Waals surface area (Å²) in [5.74, 6) is 0. The van der Waals surface area contributed by atoms with E-state index in [4.69, 9.17) is 16.3 Å². The van der Waals surface area contributed by atoms with Crippen LogP contribution in [0.3, 0.4) is 0 Å². The zero-order valence-electron chi connectivity index (χ0n) is 14.4. The van der Waals surface area contributed by atoms with Crippen molar-refractivity contribution in [1.29, 1.82) is 0 Å². The summed E-state index contributed by atoms with van der Waals surface area (Å²) in [6.07, 6.45) is 2.82. The fraction of sp³-hybridized carbons (Fsp3) is 0.611. The Kier molecular flexibility index (Phi) is 5.93. The Balaban J connectivity index is 1.88. The Morgan fingerprint density at radius 1 is 1.30 bits per heavy atom. The van der Waals surface area contributed by atoms with Crippen molar-refractivity contribution in [2.75, 3.05) is 0 Å². The maximum Gasteiger partial charge on any atom is 0.407 e. The number of hydrogen-bond donors (Lipinski definition) is 2. The summed E-state index contributed by atoms with van der Waals surface area (Å²) >= 11 is 6.00. The third-order valence-corrected chi connectivity index (χ3v) is 4.31. The van der Waals surface area contributed by atoms with Crippen molar-refractivity contribution < 1.29 is 9.53 Å². The van der Waals surface area contributed by atoms with Crippen LogP contribution < -0.4 is 10.6 Å². The Morgan fingerprint density at radius 3 is 2.65 bits per heavy atom. The van der Waals surface area contributed by atoms with Crippen LogP contribution >= 0.6 is 11.6 Å². The molecule has 1 fully saturated rings. The minimum Gasteiger partial charge on any atom is -0.444 e. The van der Waals surface area contributed by atoms with E-state index in [0.717, 1.165) is 30.8 Å². The highest BCUT2D eigenvalue weighted by atomic mass is 35.5. The molecular weight excluding hydrogens is 312 g/mol. The van der Waals surface area contributed by atoms with Crippen LogP contribution in [0.4, 0.5) is 4.79 Å². The van der Waals surface area contributed by atoms with Crippen molar-refractivity contribution in [2.24, 2.45) is 0 Å². The van der Waals surface area contributed by atoms with Gasteiger partial charge in [-0.3, -0.25) is 0 Å². The number of alkyl carbamates (subject to hydrolysis) is 1. The van der Waals surface area contributed by atoms with Gasteiger partial charge < -0.3 is 15.4 Å². The van der Waals surface area contributed by atoms with Gasteiger partial charge in [0, 0.05) is 23.7 Å². The van der Waals surface area contributed by atoms with E-state index in [0.29, 0.717) is 0 Å². The summed E-state index contributed by atoms with van der Waals surface area (Å²) in [5, 5.41) is 7.32. The average molecular weight is 339 g/mol. The number of benzene rings is 1. The molecule has 0 saturated heterocycles. The average Bonchev–Trinajstić information content (AvgIpc) is 2.82. The smallest absolute Gasteiger partial charge is 0.407 e. The molecule has 0 heterocycles. The first-order valence-corrected chi connectivity index (χ1v) is 8.60. The minimum atomic E-state index is -0.466. The zero-order valence-corrected chi connectivity index (χ0v) is 15.2. The van der Waals surface area contributed by atoms with Crippen molar-refractivity contribution in [3.05, 3.63) is 34.3 Å². The number of halogens is 1. The lowest BCUT2D eigenvalue weighted by atomic mass is 10.1. The van der Waals surface area contributed by atoms with Gasteiger partial charge in [-0.1, -0.05) is 17.7 Å². The molecule has 2 unspecified atom stereocenters. The molecule has 4 nitrogen and oxygen atoms in total. The van der Waals surface area contributed by atoms with E-state index in [1.807, 2.05) is 32.9 Å². The van der Waals surface area contributed by atoms with Crippen LogP contribution in [0.2, 0.25) is 5.02 Å². The Hall–Kier alpha value is -1.26. The summed E-state index contributed by atoms with van der Waals surface area (Å²) in [7, 11) is 0. The van der Waals surface area contributed by atoms with Gasteiger partial charge in [0.2, 0.25) is 0 Å². The summed E-state index contributed by atoms with van der Waals surface area (Å²) < 4.78 is 5.35. The lowest BCUT2D eigenvalue weighted by Crippen LogP contribution is -2.47. The molecule has 128 valence electrons. The number of rotatable bonds is 4. The van der Waals surface area contributed by atoms with E-state index in [1.54, 1.807) is 0 Å². The monoisotopic (exact) mass is 338 g/mol. The molecule has 1 amide bonds. The van der Waals surface area contributed by atoms with Crippen LogP contribution in [0, 0.1) is 6.92 Å². The van der Waals surface area contributed by atoms with Crippen molar-refractivity contribution in [3.8, 4) is 0 Å². The van der Waals surface area contributed by atoms with Crippen LogP contribution in [-0.4, -0.2) is 23.8 Å². The van der Waals surface area contributed by atoms with Gasteiger partial charge in [0.1, 0.15) is 5.60 Å². The molecule has 0 spiro atoms. The van der Waals surface area contributed by atoms with Gasteiger partial charge in [-0.15, -0.1) is 0 Å². The summed E-state index contributed by atoms with van der Waals surface area (Å²) in [4.78, 5) is 12.0. The minimum absolute atomic E-state index is 0.123. The molecular formula is C18H27ClN2O2. The summed E-state index contributed by atoms with van der Waals surface area (Å²) in [6, 6.07) is 6.34. The fourth-order valence-electron chi connectivity index (χ4n) is 2.93. The number of carbonyl (C=O) groups is 1. The lowest BCUT2D eigenvalue weighted by Gasteiger charge is -2.25. The molecule has 0 bridgehead atoms. The van der Waals surface area contributed by atoms with Crippen LogP contribution in [-0.2, 0) is 11.3 Å². The molecule has 2 N–H and O–H groups in total. The molecule has 1 aliphatic rings. The highest BCUT2D eigenvalue weighted by molar-refractivity contribution is 6.30. The molecule has 1 aliphatic carbocycles. The molecule has 5 heteroatoms. The summed E-state index contributed by atoms with van der Waals surface area (Å²) in [5.41, 5.74) is 1.95. The standard InChI is InChI=1S/C18H27ClN2O2/c1-12-10-14(19)9-8-13(12)11-20-15-6-5-7-16(15)21-17(22)23-18(2,3)4/h8-10,15-16,20H,5-7,11H2,1-4H3,(H,21,22). The van der Waals surface area contributed by atoms with E-state index in [-0.39, 0.29) is 18.2 Å². The molecule has 1 aromatic carbocycles. The number of amides is 1. The highest BCUT2D eigenvalue weighted by Gasteiger charge is 2.29. The molecule has 2 rings (SSSR count). The predicted molar refractivity (Wildman–Crippen MR) is 93.8 cm³/mol. The van der Waals surface area contributed by atoms with Gasteiger partial charge in [0.05, 0.1) is 0 Å². The molecule has 0 aromatic heterocycles. The maximum absolute atomic E-state index is 12.0. The van der Waals surface area contributed by atoms with Crippen LogP contribution in [0.1, 0.15) is 51.2 Å². The van der Waals surface area contributed by atoms with Gasteiger partial charge in [-0.25, -0.2) is 4.79 Å². The van der Waals surface area contributed by atoms with Gasteiger partial charge >= 0.3 is 6.09 Å². The largest absolute Gasteiger partial charge is 0.444 e. The highest BCUT2D eigenvalue weighted by Crippen LogP contribution is 2.21. The number of hydrogen-bond acceptors (Lipinski definition) is 3. The number of nitrogens with one attached hydrogen (secondary N) is 2. The Labute approximate surface area is 143 Å². The van der Waals surface area contributed by atoms with E-state index in [2.05, 4.69) is 23.6 Å². The molecule has 0 radical (unpaired) electrons. The van der Waals surface area contributed by atoms with Gasteiger partial charge in [0.25, 0.3) is 0 Å². The van der Waals surface area contributed by atoms with Gasteiger partial charge in [-0.2, -0.15) is 0 Å². The first-order chi connectivity index (χ1) is 10.7. The molecule has 0 aliphatic heterocycles. The Morgan fingerprint density at radius 2 is 2.00 bits per heavy atom. The second kappa shape index (κ2) is 7.54. The quantitative estimate of drug-likeness (QED) is 0.865.